The molecule has 1 aliphatic heterocycles. The third-order valence-electron chi connectivity index (χ3n) is 3.54. The van der Waals surface area contributed by atoms with Gasteiger partial charge in [-0.15, -0.1) is 0 Å². The number of hydrogen-bond donors (Lipinski definition) is 1. The summed E-state index contributed by atoms with van der Waals surface area (Å²) >= 11 is 4.75. The lowest BCUT2D eigenvalue weighted by Crippen LogP contribution is -2.48. The highest BCUT2D eigenvalue weighted by molar-refractivity contribution is 8.30. The molecule has 1 amide bonds. The molecule has 0 fully saturated rings. The van der Waals surface area contributed by atoms with Crippen molar-refractivity contribution in [3.05, 3.63) is 16.9 Å². The standard InChI is InChI=1S/C13H23N2O4S2/c1-12(2)9-10(13(3,4)15(12)17)11(16)14-7-6-8-21(18,20)19-5/h9H,6-8H2,1-5H3,(H,14,16)/q-1. The van der Waals surface area contributed by atoms with Crippen molar-refractivity contribution < 1.29 is 13.2 Å². The van der Waals surface area contributed by atoms with E-state index in [0.29, 0.717) is 18.5 Å². The SMILES string of the molecule is COS(=O)(=S)CCCNC(=O)C1=CC(C)(C)N([O-])C1(C)C. The smallest absolute Gasteiger partial charge is 0.248 e. The van der Waals surface area contributed by atoms with Gasteiger partial charge in [-0.1, -0.05) is 6.08 Å². The Balaban J connectivity index is 2.61. The molecule has 0 aromatic carbocycles. The van der Waals surface area contributed by atoms with Crippen molar-refractivity contribution in [1.82, 2.24) is 10.4 Å². The van der Waals surface area contributed by atoms with Crippen LogP contribution in [-0.4, -0.2) is 45.7 Å². The summed E-state index contributed by atoms with van der Waals surface area (Å²) in [7, 11) is -1.37. The van der Waals surface area contributed by atoms with Gasteiger partial charge in [0.05, 0.1) is 12.9 Å². The number of hydroxylamine groups is 2. The van der Waals surface area contributed by atoms with Crippen molar-refractivity contribution >= 4 is 25.9 Å². The van der Waals surface area contributed by atoms with Crippen LogP contribution in [0.1, 0.15) is 34.1 Å². The maximum atomic E-state index is 12.2. The van der Waals surface area contributed by atoms with Crippen LogP contribution < -0.4 is 5.32 Å². The number of carbonyl (C=O) groups excluding carboxylic acids is 1. The van der Waals surface area contributed by atoms with Gasteiger partial charge in [-0.25, -0.2) is 4.21 Å². The fraction of sp³-hybridized carbons (Fsp3) is 0.769. The lowest BCUT2D eigenvalue weighted by Gasteiger charge is -2.47. The quantitative estimate of drug-likeness (QED) is 0.732. The summed E-state index contributed by atoms with van der Waals surface area (Å²) in [5.74, 6) is -0.0690. The first-order valence-electron chi connectivity index (χ1n) is 6.71. The van der Waals surface area contributed by atoms with E-state index in [9.17, 15) is 14.2 Å². The van der Waals surface area contributed by atoms with E-state index in [-0.39, 0.29) is 11.7 Å². The van der Waals surface area contributed by atoms with Crippen LogP contribution in [0.3, 0.4) is 0 Å². The zero-order valence-corrected chi connectivity index (χ0v) is 14.7. The predicted molar refractivity (Wildman–Crippen MR) is 86.5 cm³/mol. The van der Waals surface area contributed by atoms with Crippen molar-refractivity contribution in [2.45, 2.75) is 45.2 Å². The number of rotatable bonds is 6. The van der Waals surface area contributed by atoms with Gasteiger partial charge in [0.25, 0.3) is 0 Å². The van der Waals surface area contributed by atoms with E-state index in [1.807, 2.05) is 0 Å². The molecule has 6 nitrogen and oxygen atoms in total. The topological polar surface area (TPSA) is 81.7 Å². The fourth-order valence-corrected chi connectivity index (χ4v) is 3.41. The number of nitrogens with zero attached hydrogens (tertiary/aromatic N) is 1. The molecule has 0 aromatic rings. The monoisotopic (exact) mass is 335 g/mol. The molecular formula is C13H23N2O4S2-. The number of nitrogens with one attached hydrogen (secondary N) is 1. The van der Waals surface area contributed by atoms with E-state index in [4.69, 9.17) is 11.2 Å². The largest absolute Gasteiger partial charge is 0.784 e. The van der Waals surface area contributed by atoms with Crippen molar-refractivity contribution in [2.24, 2.45) is 0 Å². The van der Waals surface area contributed by atoms with Gasteiger partial charge < -0.3 is 15.6 Å². The van der Waals surface area contributed by atoms with E-state index in [1.165, 1.54) is 7.11 Å². The highest BCUT2D eigenvalue weighted by Gasteiger charge is 2.42. The molecule has 122 valence electrons. The minimum absolute atomic E-state index is 0.209. The molecule has 0 bridgehead atoms. The predicted octanol–water partition coefficient (Wildman–Crippen LogP) is 1.10. The second-order valence-electron chi connectivity index (χ2n) is 6.10. The third-order valence-corrected chi connectivity index (χ3v) is 5.75. The van der Waals surface area contributed by atoms with Crippen LogP contribution in [0.5, 0.6) is 0 Å². The summed E-state index contributed by atoms with van der Waals surface area (Å²) in [6.45, 7) is 7.32. The van der Waals surface area contributed by atoms with E-state index < -0.39 is 19.9 Å². The average molecular weight is 335 g/mol. The maximum Gasteiger partial charge on any atom is 0.248 e. The van der Waals surface area contributed by atoms with Gasteiger partial charge >= 0.3 is 0 Å². The van der Waals surface area contributed by atoms with Crippen molar-refractivity contribution in [1.29, 1.82) is 0 Å². The molecule has 0 aliphatic carbocycles. The summed E-state index contributed by atoms with van der Waals surface area (Å²) in [4.78, 5) is 12.2. The van der Waals surface area contributed by atoms with Crippen molar-refractivity contribution in [3.63, 3.8) is 0 Å². The van der Waals surface area contributed by atoms with Crippen molar-refractivity contribution in [3.8, 4) is 0 Å². The highest BCUT2D eigenvalue weighted by atomic mass is 32.8. The summed E-state index contributed by atoms with van der Waals surface area (Å²) in [6.07, 6.45) is 2.15. The number of hydrogen-bond acceptors (Lipinski definition) is 6. The average Bonchev–Trinajstić information content (AvgIpc) is 2.55. The Morgan fingerprint density at radius 3 is 2.48 bits per heavy atom. The van der Waals surface area contributed by atoms with E-state index >= 15 is 0 Å². The van der Waals surface area contributed by atoms with Crippen LogP contribution >= 0.6 is 0 Å². The molecule has 1 aliphatic rings. The van der Waals surface area contributed by atoms with Gasteiger partial charge in [0.15, 0.2) is 0 Å². The zero-order valence-electron chi connectivity index (χ0n) is 13.1. The van der Waals surface area contributed by atoms with Gasteiger partial charge in [-0.05, 0) is 34.1 Å². The Morgan fingerprint density at radius 1 is 1.48 bits per heavy atom. The van der Waals surface area contributed by atoms with E-state index in [1.54, 1.807) is 33.8 Å². The van der Waals surface area contributed by atoms with Crippen molar-refractivity contribution in [2.75, 3.05) is 19.4 Å². The van der Waals surface area contributed by atoms with Crippen LogP contribution in [0.25, 0.3) is 0 Å². The third kappa shape index (κ3) is 4.23. The lowest BCUT2D eigenvalue weighted by molar-refractivity contribution is -0.118. The van der Waals surface area contributed by atoms with Crippen LogP contribution in [0, 0.1) is 5.21 Å². The molecular weight excluding hydrogens is 312 g/mol. The van der Waals surface area contributed by atoms with Gasteiger partial charge in [0, 0.05) is 34.4 Å². The molecule has 1 atom stereocenters. The Morgan fingerprint density at radius 2 is 2.05 bits per heavy atom. The maximum absolute atomic E-state index is 12.2. The molecule has 1 unspecified atom stereocenters. The Bertz CT molecular complexity index is 538. The first-order chi connectivity index (χ1) is 9.44. The Kier molecular flexibility index (Phi) is 5.55. The number of amides is 1. The zero-order chi connectivity index (χ0) is 16.5. The molecule has 1 N–H and O–H groups in total. The highest BCUT2D eigenvalue weighted by Crippen LogP contribution is 2.38. The van der Waals surface area contributed by atoms with Gasteiger partial charge in [0.1, 0.15) is 8.77 Å². The molecule has 1 rings (SSSR count). The van der Waals surface area contributed by atoms with E-state index in [0.717, 1.165) is 5.06 Å². The minimum Gasteiger partial charge on any atom is -0.784 e. The lowest BCUT2D eigenvalue weighted by atomic mass is 9.96. The van der Waals surface area contributed by atoms with Gasteiger partial charge in [-0.3, -0.25) is 8.98 Å². The summed E-state index contributed by atoms with van der Waals surface area (Å²) in [5, 5.41) is 15.8. The summed E-state index contributed by atoms with van der Waals surface area (Å²) in [6, 6.07) is 0. The molecule has 21 heavy (non-hydrogen) atoms. The van der Waals surface area contributed by atoms with Crippen LogP contribution in [0.2, 0.25) is 0 Å². The molecule has 0 saturated carbocycles. The van der Waals surface area contributed by atoms with Crippen LogP contribution in [0.4, 0.5) is 0 Å². The van der Waals surface area contributed by atoms with Crippen LogP contribution in [0.15, 0.2) is 11.6 Å². The Labute approximate surface area is 131 Å². The normalized spacial score (nSPS) is 23.4. The fourth-order valence-electron chi connectivity index (χ4n) is 2.39. The molecule has 0 spiro atoms. The first-order valence-corrected chi connectivity index (χ1v) is 9.29. The summed E-state index contributed by atoms with van der Waals surface area (Å²) in [5.41, 5.74) is -1.12. The molecule has 1 heterocycles. The molecule has 8 heteroatoms. The summed E-state index contributed by atoms with van der Waals surface area (Å²) < 4.78 is 16.2. The second-order valence-corrected chi connectivity index (χ2v) is 9.48. The molecule has 0 radical (unpaired) electrons. The van der Waals surface area contributed by atoms with Gasteiger partial charge in [-0.2, -0.15) is 0 Å². The Hall–Kier alpha value is -0.540. The van der Waals surface area contributed by atoms with Gasteiger partial charge in [0.2, 0.25) is 5.91 Å². The first kappa shape index (κ1) is 18.5. The van der Waals surface area contributed by atoms with E-state index in [2.05, 4.69) is 9.50 Å². The minimum atomic E-state index is -2.68. The number of carbonyl (C=O) groups is 1. The molecule has 0 saturated heterocycles. The second kappa shape index (κ2) is 6.29. The van der Waals surface area contributed by atoms with Crippen LogP contribution in [-0.2, 0) is 28.9 Å². The molecule has 0 aromatic heterocycles.